The van der Waals surface area contributed by atoms with Crippen LogP contribution in [0.5, 0.6) is 5.75 Å². The van der Waals surface area contributed by atoms with Crippen molar-refractivity contribution in [3.63, 3.8) is 0 Å². The summed E-state index contributed by atoms with van der Waals surface area (Å²) >= 11 is 8.10. The van der Waals surface area contributed by atoms with Gasteiger partial charge in [-0.3, -0.25) is 0 Å². The number of rotatable bonds is 3. The first-order valence-corrected chi connectivity index (χ1v) is 7.17. The molecule has 0 amide bonds. The zero-order chi connectivity index (χ0) is 12.4. The van der Waals surface area contributed by atoms with Crippen LogP contribution in [-0.4, -0.2) is 15.3 Å². The maximum Gasteiger partial charge on any atom is 0.205 e. The fourth-order valence-electron chi connectivity index (χ4n) is 1.27. The Kier molecular flexibility index (Phi) is 4.01. The molecule has 17 heavy (non-hydrogen) atoms. The summed E-state index contributed by atoms with van der Waals surface area (Å²) in [7, 11) is 0. The molecule has 2 rings (SSSR count). The van der Waals surface area contributed by atoms with Gasteiger partial charge >= 0.3 is 0 Å². The standard InChI is InChI=1S/C10H9Br2N3OS/c1-5-14-15-10(17-5)13-4-6-2-7(11)9(16)8(12)3-6/h2-3,16H,4H2,1H3,(H,13,15). The lowest BCUT2D eigenvalue weighted by atomic mass is 10.2. The summed E-state index contributed by atoms with van der Waals surface area (Å²) in [5.74, 6) is 0.209. The van der Waals surface area contributed by atoms with Gasteiger partial charge in [-0.1, -0.05) is 11.3 Å². The Morgan fingerprint density at radius 1 is 1.29 bits per heavy atom. The topological polar surface area (TPSA) is 58.0 Å². The Balaban J connectivity index is 2.09. The molecule has 7 heteroatoms. The summed E-state index contributed by atoms with van der Waals surface area (Å²) in [6.45, 7) is 2.54. The Labute approximate surface area is 119 Å². The molecule has 90 valence electrons. The number of aromatic hydroxyl groups is 1. The van der Waals surface area contributed by atoms with Gasteiger partial charge in [0.25, 0.3) is 0 Å². The molecule has 2 N–H and O–H groups in total. The molecule has 0 saturated heterocycles. The summed E-state index contributed by atoms with van der Waals surface area (Å²) in [5, 5.41) is 22.4. The van der Waals surface area contributed by atoms with Gasteiger partial charge < -0.3 is 10.4 Å². The van der Waals surface area contributed by atoms with Crippen LogP contribution in [0.2, 0.25) is 0 Å². The van der Waals surface area contributed by atoms with Crippen LogP contribution in [0.25, 0.3) is 0 Å². The maximum absolute atomic E-state index is 9.58. The first-order valence-electron chi connectivity index (χ1n) is 4.77. The van der Waals surface area contributed by atoms with Gasteiger partial charge in [-0.2, -0.15) is 0 Å². The monoisotopic (exact) mass is 377 g/mol. The molecule has 0 aliphatic carbocycles. The van der Waals surface area contributed by atoms with Gasteiger partial charge in [0.05, 0.1) is 8.95 Å². The highest BCUT2D eigenvalue weighted by Crippen LogP contribution is 2.33. The average molecular weight is 379 g/mol. The van der Waals surface area contributed by atoms with Gasteiger partial charge in [0.15, 0.2) is 0 Å². The number of nitrogens with zero attached hydrogens (tertiary/aromatic N) is 2. The van der Waals surface area contributed by atoms with Crippen LogP contribution >= 0.6 is 43.2 Å². The summed E-state index contributed by atoms with van der Waals surface area (Å²) in [6.07, 6.45) is 0. The zero-order valence-electron chi connectivity index (χ0n) is 8.87. The minimum absolute atomic E-state index is 0.209. The first-order chi connectivity index (χ1) is 8.06. The number of aromatic nitrogens is 2. The van der Waals surface area contributed by atoms with E-state index < -0.39 is 0 Å². The van der Waals surface area contributed by atoms with Gasteiger partial charge in [-0.05, 0) is 56.5 Å². The fraction of sp³-hybridized carbons (Fsp3) is 0.200. The number of benzene rings is 1. The van der Waals surface area contributed by atoms with Crippen molar-refractivity contribution < 1.29 is 5.11 Å². The SMILES string of the molecule is Cc1nnc(NCc2cc(Br)c(O)c(Br)c2)s1. The van der Waals surface area contributed by atoms with Gasteiger partial charge in [0.2, 0.25) is 5.13 Å². The summed E-state index contributed by atoms with van der Waals surface area (Å²) in [4.78, 5) is 0. The molecular formula is C10H9Br2N3OS. The van der Waals surface area contributed by atoms with Crippen molar-refractivity contribution in [3.8, 4) is 5.75 Å². The number of anilines is 1. The molecule has 0 bridgehead atoms. The number of hydrogen-bond donors (Lipinski definition) is 2. The van der Waals surface area contributed by atoms with E-state index in [1.165, 1.54) is 11.3 Å². The molecule has 0 aliphatic rings. The Hall–Kier alpha value is -0.660. The minimum Gasteiger partial charge on any atom is -0.506 e. The Morgan fingerprint density at radius 2 is 1.94 bits per heavy atom. The molecule has 1 aromatic carbocycles. The van der Waals surface area contributed by atoms with Gasteiger partial charge in [0, 0.05) is 6.54 Å². The quantitative estimate of drug-likeness (QED) is 0.855. The van der Waals surface area contributed by atoms with Crippen LogP contribution in [0.1, 0.15) is 10.6 Å². The van der Waals surface area contributed by atoms with Crippen LogP contribution in [0.4, 0.5) is 5.13 Å². The predicted octanol–water partition coefficient (Wildman–Crippen LogP) is 3.69. The van der Waals surface area contributed by atoms with Crippen LogP contribution in [0.3, 0.4) is 0 Å². The number of nitrogens with one attached hydrogen (secondary N) is 1. The van der Waals surface area contributed by atoms with Crippen molar-refractivity contribution in [2.45, 2.75) is 13.5 Å². The largest absolute Gasteiger partial charge is 0.506 e. The van der Waals surface area contributed by atoms with Crippen molar-refractivity contribution in [1.82, 2.24) is 10.2 Å². The van der Waals surface area contributed by atoms with E-state index in [-0.39, 0.29) is 5.75 Å². The van der Waals surface area contributed by atoms with E-state index in [0.29, 0.717) is 15.5 Å². The van der Waals surface area contributed by atoms with Crippen molar-refractivity contribution >= 4 is 48.3 Å². The van der Waals surface area contributed by atoms with Crippen molar-refractivity contribution in [3.05, 3.63) is 31.6 Å². The highest BCUT2D eigenvalue weighted by molar-refractivity contribution is 9.11. The molecule has 0 unspecified atom stereocenters. The lowest BCUT2D eigenvalue weighted by molar-refractivity contribution is 0.468. The van der Waals surface area contributed by atoms with Gasteiger partial charge in [-0.15, -0.1) is 10.2 Å². The smallest absolute Gasteiger partial charge is 0.205 e. The first kappa shape index (κ1) is 12.8. The second-order valence-electron chi connectivity index (χ2n) is 3.39. The molecule has 4 nitrogen and oxygen atoms in total. The normalized spacial score (nSPS) is 10.5. The van der Waals surface area contributed by atoms with E-state index in [4.69, 9.17) is 0 Å². The van der Waals surface area contributed by atoms with Crippen molar-refractivity contribution in [1.29, 1.82) is 0 Å². The molecule has 1 aromatic heterocycles. The predicted molar refractivity (Wildman–Crippen MR) is 75.5 cm³/mol. The van der Waals surface area contributed by atoms with E-state index >= 15 is 0 Å². The molecule has 0 aliphatic heterocycles. The molecular weight excluding hydrogens is 370 g/mol. The molecule has 0 radical (unpaired) electrons. The lowest BCUT2D eigenvalue weighted by Gasteiger charge is -2.06. The molecule has 0 atom stereocenters. The molecule has 2 aromatic rings. The third-order valence-corrected chi connectivity index (χ3v) is 4.05. The molecule has 1 heterocycles. The van der Waals surface area contributed by atoms with Crippen molar-refractivity contribution in [2.24, 2.45) is 0 Å². The van der Waals surface area contributed by atoms with E-state index in [2.05, 4.69) is 47.4 Å². The maximum atomic E-state index is 9.58. The number of phenols is 1. The van der Waals surface area contributed by atoms with E-state index in [1.807, 2.05) is 19.1 Å². The van der Waals surface area contributed by atoms with Crippen LogP contribution < -0.4 is 5.32 Å². The minimum atomic E-state index is 0.209. The van der Waals surface area contributed by atoms with Crippen LogP contribution in [-0.2, 0) is 6.54 Å². The number of hydrogen-bond acceptors (Lipinski definition) is 5. The Morgan fingerprint density at radius 3 is 2.47 bits per heavy atom. The van der Waals surface area contributed by atoms with E-state index in [9.17, 15) is 5.11 Å². The Bertz CT molecular complexity index is 521. The van der Waals surface area contributed by atoms with E-state index in [1.54, 1.807) is 0 Å². The fourth-order valence-corrected chi connectivity index (χ4v) is 3.13. The highest BCUT2D eigenvalue weighted by Gasteiger charge is 2.06. The third kappa shape index (κ3) is 3.17. The molecule has 0 saturated carbocycles. The number of aryl methyl sites for hydroxylation is 1. The summed E-state index contributed by atoms with van der Waals surface area (Å²) in [5.41, 5.74) is 1.04. The number of halogens is 2. The van der Waals surface area contributed by atoms with Crippen molar-refractivity contribution in [2.75, 3.05) is 5.32 Å². The van der Waals surface area contributed by atoms with Crippen LogP contribution in [0.15, 0.2) is 21.1 Å². The van der Waals surface area contributed by atoms with Gasteiger partial charge in [0.1, 0.15) is 10.8 Å². The molecule has 0 spiro atoms. The third-order valence-electron chi connectivity index (χ3n) is 2.05. The summed E-state index contributed by atoms with van der Waals surface area (Å²) in [6, 6.07) is 3.72. The second-order valence-corrected chi connectivity index (χ2v) is 6.28. The molecule has 0 fully saturated rings. The lowest BCUT2D eigenvalue weighted by Crippen LogP contribution is -1.99. The highest BCUT2D eigenvalue weighted by atomic mass is 79.9. The van der Waals surface area contributed by atoms with Gasteiger partial charge in [-0.25, -0.2) is 0 Å². The zero-order valence-corrected chi connectivity index (χ0v) is 12.9. The number of phenolic OH excluding ortho intramolecular Hbond substituents is 1. The van der Waals surface area contributed by atoms with Crippen LogP contribution in [0, 0.1) is 6.92 Å². The van der Waals surface area contributed by atoms with E-state index in [0.717, 1.165) is 15.7 Å². The summed E-state index contributed by atoms with van der Waals surface area (Å²) < 4.78 is 1.33. The average Bonchev–Trinajstić information content (AvgIpc) is 2.69. The second kappa shape index (κ2) is 5.32.